The van der Waals surface area contributed by atoms with Gasteiger partial charge in [0.05, 0.1) is 15.6 Å². The van der Waals surface area contributed by atoms with Gasteiger partial charge in [0.25, 0.3) is 10.0 Å². The van der Waals surface area contributed by atoms with Crippen LogP contribution in [0.3, 0.4) is 0 Å². The van der Waals surface area contributed by atoms with Crippen molar-refractivity contribution in [1.29, 1.82) is 0 Å². The number of carbonyl (C=O) groups is 2. The highest BCUT2D eigenvalue weighted by Gasteiger charge is 2.36. The molecule has 1 atom stereocenters. The average Bonchev–Trinajstić information content (AvgIpc) is 3.57. The van der Waals surface area contributed by atoms with Crippen molar-refractivity contribution < 1.29 is 18.0 Å². The number of rotatable bonds is 12. The van der Waals surface area contributed by atoms with Gasteiger partial charge in [-0.2, -0.15) is 0 Å². The Labute approximate surface area is 285 Å². The van der Waals surface area contributed by atoms with Crippen molar-refractivity contribution in [3.05, 3.63) is 129 Å². The van der Waals surface area contributed by atoms with E-state index in [4.69, 9.17) is 34.8 Å². The van der Waals surface area contributed by atoms with Gasteiger partial charge in [-0.25, -0.2) is 8.42 Å². The van der Waals surface area contributed by atoms with Crippen LogP contribution >= 0.6 is 34.8 Å². The first-order valence-corrected chi connectivity index (χ1v) is 17.6. The van der Waals surface area contributed by atoms with Crippen LogP contribution in [-0.2, 0) is 32.6 Å². The molecule has 4 aromatic carbocycles. The number of benzene rings is 4. The highest BCUT2D eigenvalue weighted by Crippen LogP contribution is 2.33. The fourth-order valence-corrected chi connectivity index (χ4v) is 7.72. The van der Waals surface area contributed by atoms with Crippen molar-refractivity contribution in [1.82, 2.24) is 10.2 Å². The lowest BCUT2D eigenvalue weighted by molar-refractivity contribution is -0.140. The maximum atomic E-state index is 14.6. The van der Waals surface area contributed by atoms with Gasteiger partial charge >= 0.3 is 0 Å². The molecule has 1 aliphatic rings. The normalized spacial score (nSPS) is 14.1. The van der Waals surface area contributed by atoms with Crippen LogP contribution in [0.15, 0.2) is 108 Å². The molecule has 1 fully saturated rings. The molecule has 46 heavy (non-hydrogen) atoms. The molecule has 4 aromatic rings. The summed E-state index contributed by atoms with van der Waals surface area (Å²) in [4.78, 5) is 30.1. The van der Waals surface area contributed by atoms with E-state index in [0.717, 1.165) is 35.6 Å². The minimum absolute atomic E-state index is 0.00302. The number of amides is 2. The number of nitrogens with one attached hydrogen (secondary N) is 1. The Hall–Kier alpha value is -3.56. The number of hydrogen-bond donors (Lipinski definition) is 1. The lowest BCUT2D eigenvalue weighted by Gasteiger charge is -2.34. The molecular formula is C35H34Cl3N3O4S. The van der Waals surface area contributed by atoms with E-state index in [1.807, 2.05) is 30.3 Å². The van der Waals surface area contributed by atoms with Crippen molar-refractivity contribution >= 4 is 62.3 Å². The van der Waals surface area contributed by atoms with Crippen molar-refractivity contribution in [3.63, 3.8) is 0 Å². The number of carbonyl (C=O) groups excluding carboxylic acids is 2. The van der Waals surface area contributed by atoms with Gasteiger partial charge in [0.1, 0.15) is 12.6 Å². The van der Waals surface area contributed by atoms with E-state index < -0.39 is 28.5 Å². The molecule has 0 unspecified atom stereocenters. The molecule has 0 aliphatic heterocycles. The van der Waals surface area contributed by atoms with Gasteiger partial charge in [0.2, 0.25) is 11.8 Å². The molecule has 5 rings (SSSR count). The zero-order valence-electron chi connectivity index (χ0n) is 25.0. The summed E-state index contributed by atoms with van der Waals surface area (Å²) in [6, 6.07) is 27.7. The van der Waals surface area contributed by atoms with Crippen molar-refractivity contribution in [3.8, 4) is 0 Å². The molecule has 1 aliphatic carbocycles. The van der Waals surface area contributed by atoms with Crippen molar-refractivity contribution in [2.45, 2.75) is 55.6 Å². The molecule has 0 bridgehead atoms. The summed E-state index contributed by atoms with van der Waals surface area (Å²) in [5, 5.41) is 3.91. The summed E-state index contributed by atoms with van der Waals surface area (Å²) in [7, 11) is -4.31. The maximum absolute atomic E-state index is 14.6. The molecule has 1 N–H and O–H groups in total. The van der Waals surface area contributed by atoms with Crippen molar-refractivity contribution in [2.75, 3.05) is 10.8 Å². The summed E-state index contributed by atoms with van der Waals surface area (Å²) in [6.45, 7) is -0.680. The van der Waals surface area contributed by atoms with E-state index in [1.165, 1.54) is 35.2 Å². The zero-order valence-corrected chi connectivity index (χ0v) is 28.1. The monoisotopic (exact) mass is 697 g/mol. The summed E-state index contributed by atoms with van der Waals surface area (Å²) in [5.74, 6) is -0.924. The molecule has 0 heterocycles. The van der Waals surface area contributed by atoms with Gasteiger partial charge in [-0.1, -0.05) is 114 Å². The fraction of sp³-hybridized carbons (Fsp3) is 0.257. The summed E-state index contributed by atoms with van der Waals surface area (Å²) in [6.07, 6.45) is 3.96. The molecule has 11 heteroatoms. The van der Waals surface area contributed by atoms with Crippen LogP contribution < -0.4 is 9.62 Å². The first-order valence-electron chi connectivity index (χ1n) is 15.0. The highest BCUT2D eigenvalue weighted by molar-refractivity contribution is 7.92. The number of nitrogens with zero attached hydrogens (tertiary/aromatic N) is 2. The number of halogens is 3. The van der Waals surface area contributed by atoms with E-state index in [1.54, 1.807) is 42.5 Å². The zero-order chi connectivity index (χ0) is 32.7. The van der Waals surface area contributed by atoms with Crippen LogP contribution in [0.2, 0.25) is 15.1 Å². The van der Waals surface area contributed by atoms with Gasteiger partial charge in [-0.3, -0.25) is 13.9 Å². The minimum Gasteiger partial charge on any atom is -0.352 e. The SMILES string of the molecule is O=C(NC1CCCC1)[C@@H](Cc1ccccc1)N(Cc1ccccc1Cl)C(=O)CN(c1cc(Cl)ccc1Cl)S(=O)(=O)c1ccccc1. The van der Waals surface area contributed by atoms with E-state index in [-0.39, 0.29) is 45.5 Å². The summed E-state index contributed by atoms with van der Waals surface area (Å²) >= 11 is 19.4. The first-order chi connectivity index (χ1) is 22.1. The van der Waals surface area contributed by atoms with Gasteiger partial charge in [0.15, 0.2) is 0 Å². The predicted molar refractivity (Wildman–Crippen MR) is 184 cm³/mol. The first kappa shape index (κ1) is 33.8. The summed E-state index contributed by atoms with van der Waals surface area (Å²) < 4.78 is 29.2. The van der Waals surface area contributed by atoms with Gasteiger partial charge in [0, 0.05) is 29.1 Å². The van der Waals surface area contributed by atoms with Crippen LogP contribution in [0.25, 0.3) is 0 Å². The van der Waals surface area contributed by atoms with E-state index in [0.29, 0.717) is 10.6 Å². The Bertz CT molecular complexity index is 1770. The van der Waals surface area contributed by atoms with Crippen LogP contribution in [0.1, 0.15) is 36.8 Å². The van der Waals surface area contributed by atoms with Gasteiger partial charge in [-0.05, 0) is 60.4 Å². The Balaban J connectivity index is 1.59. The van der Waals surface area contributed by atoms with Crippen LogP contribution in [0.5, 0.6) is 0 Å². The molecule has 0 aromatic heterocycles. The largest absolute Gasteiger partial charge is 0.352 e. The highest BCUT2D eigenvalue weighted by atomic mass is 35.5. The number of anilines is 1. The maximum Gasteiger partial charge on any atom is 0.264 e. The smallest absolute Gasteiger partial charge is 0.264 e. The second-order valence-corrected chi connectivity index (χ2v) is 14.3. The topological polar surface area (TPSA) is 86.8 Å². The van der Waals surface area contributed by atoms with Crippen molar-refractivity contribution in [2.24, 2.45) is 0 Å². The minimum atomic E-state index is -4.31. The molecule has 7 nitrogen and oxygen atoms in total. The molecule has 240 valence electrons. The quantitative estimate of drug-likeness (QED) is 0.166. The molecular weight excluding hydrogens is 665 g/mol. The third-order valence-electron chi connectivity index (χ3n) is 8.06. The number of sulfonamides is 1. The van der Waals surface area contributed by atoms with Gasteiger partial charge in [-0.15, -0.1) is 0 Å². The lowest BCUT2D eigenvalue weighted by Crippen LogP contribution is -2.54. The third-order valence-corrected chi connectivity index (χ3v) is 10.8. The Morgan fingerprint density at radius 3 is 2.11 bits per heavy atom. The van der Waals surface area contributed by atoms with Gasteiger partial charge < -0.3 is 10.2 Å². The molecule has 1 saturated carbocycles. The summed E-state index contributed by atoms with van der Waals surface area (Å²) in [5.41, 5.74) is 1.50. The van der Waals surface area contributed by atoms with E-state index in [9.17, 15) is 18.0 Å². The molecule has 0 radical (unpaired) electrons. The van der Waals surface area contributed by atoms with Crippen LogP contribution in [0.4, 0.5) is 5.69 Å². The molecule has 0 spiro atoms. The fourth-order valence-electron chi connectivity index (χ4n) is 5.64. The lowest BCUT2D eigenvalue weighted by atomic mass is 10.0. The van der Waals surface area contributed by atoms with Crippen LogP contribution in [0, 0.1) is 0 Å². The Morgan fingerprint density at radius 2 is 1.43 bits per heavy atom. The molecule has 2 amide bonds. The standard InChI is InChI=1S/C35H34Cl3N3O4S/c36-27-19-20-31(38)32(22-27)41(46(44,45)29-16-5-2-6-17-29)24-34(42)40(23-26-13-7-10-18-30(26)37)33(21-25-11-3-1-4-12-25)35(43)39-28-14-8-9-15-28/h1-7,10-13,16-20,22,28,33H,8-9,14-15,21,23-24H2,(H,39,43)/t33-/m1/s1. The average molecular weight is 699 g/mol. The second kappa shape index (κ2) is 15.4. The third kappa shape index (κ3) is 8.23. The predicted octanol–water partition coefficient (Wildman–Crippen LogP) is 7.54. The van der Waals surface area contributed by atoms with E-state index >= 15 is 0 Å². The van der Waals surface area contributed by atoms with E-state index in [2.05, 4.69) is 5.32 Å². The van der Waals surface area contributed by atoms with Crippen LogP contribution in [-0.4, -0.2) is 43.8 Å². The Kier molecular flexibility index (Phi) is 11.3. The second-order valence-electron chi connectivity index (χ2n) is 11.2. The Morgan fingerprint density at radius 1 is 0.804 bits per heavy atom. The molecule has 0 saturated heterocycles. The number of hydrogen-bond acceptors (Lipinski definition) is 4.